The average molecular weight is 310 g/mol. The van der Waals surface area contributed by atoms with Crippen LogP contribution in [0.3, 0.4) is 0 Å². The first kappa shape index (κ1) is 15.2. The molecule has 23 heavy (non-hydrogen) atoms. The molecule has 2 aromatic carbocycles. The third kappa shape index (κ3) is 3.72. The number of benzene rings is 2. The van der Waals surface area contributed by atoms with Gasteiger partial charge in [-0.25, -0.2) is 0 Å². The summed E-state index contributed by atoms with van der Waals surface area (Å²) in [5.74, 6) is 1.12. The second-order valence-corrected chi connectivity index (χ2v) is 5.28. The molecule has 0 aromatic heterocycles. The Kier molecular flexibility index (Phi) is 4.62. The van der Waals surface area contributed by atoms with Gasteiger partial charge in [-0.15, -0.1) is 6.58 Å². The lowest BCUT2D eigenvalue weighted by Gasteiger charge is -2.17. The van der Waals surface area contributed by atoms with Crippen LogP contribution in [0.25, 0.3) is 0 Å². The van der Waals surface area contributed by atoms with Crippen molar-refractivity contribution < 1.29 is 19.0 Å². The topological polar surface area (TPSA) is 44.8 Å². The molecule has 0 N–H and O–H groups in total. The van der Waals surface area contributed by atoms with Gasteiger partial charge in [-0.05, 0) is 23.3 Å². The Labute approximate surface area is 135 Å². The van der Waals surface area contributed by atoms with Gasteiger partial charge >= 0.3 is 5.97 Å². The number of hydrogen-bond donors (Lipinski definition) is 0. The number of hydrogen-bond acceptors (Lipinski definition) is 4. The van der Waals surface area contributed by atoms with Crippen LogP contribution in [0.15, 0.2) is 61.2 Å². The Morgan fingerprint density at radius 1 is 1.17 bits per heavy atom. The van der Waals surface area contributed by atoms with Gasteiger partial charge in [0.05, 0.1) is 6.42 Å². The van der Waals surface area contributed by atoms with E-state index in [0.29, 0.717) is 17.9 Å². The number of esters is 1. The Bertz CT molecular complexity index is 694. The Balaban J connectivity index is 1.71. The van der Waals surface area contributed by atoms with Crippen molar-refractivity contribution >= 4 is 5.97 Å². The van der Waals surface area contributed by atoms with Crippen LogP contribution in [0.1, 0.15) is 23.7 Å². The summed E-state index contributed by atoms with van der Waals surface area (Å²) in [5.41, 5.74) is 1.80. The van der Waals surface area contributed by atoms with E-state index in [1.165, 1.54) is 0 Å². The highest BCUT2D eigenvalue weighted by Crippen LogP contribution is 2.35. The summed E-state index contributed by atoms with van der Waals surface area (Å²) in [6, 6.07) is 15.1. The third-order valence-electron chi connectivity index (χ3n) is 3.61. The quantitative estimate of drug-likeness (QED) is 0.601. The Morgan fingerprint density at radius 3 is 2.74 bits per heavy atom. The van der Waals surface area contributed by atoms with E-state index in [2.05, 4.69) is 6.58 Å². The maximum Gasteiger partial charge on any atom is 0.310 e. The molecule has 0 unspecified atom stereocenters. The van der Waals surface area contributed by atoms with E-state index in [0.717, 1.165) is 11.1 Å². The lowest BCUT2D eigenvalue weighted by atomic mass is 10.1. The number of fused-ring (bicyclic) bond motifs is 1. The molecule has 1 aliphatic rings. The predicted octanol–water partition coefficient (Wildman–Crippen LogP) is 3.82. The van der Waals surface area contributed by atoms with Gasteiger partial charge < -0.3 is 14.2 Å². The molecule has 3 rings (SSSR count). The molecule has 0 saturated heterocycles. The second-order valence-electron chi connectivity index (χ2n) is 5.28. The van der Waals surface area contributed by atoms with Gasteiger partial charge in [0.2, 0.25) is 6.79 Å². The monoisotopic (exact) mass is 310 g/mol. The molecule has 0 radical (unpaired) electrons. The van der Waals surface area contributed by atoms with Crippen molar-refractivity contribution in [1.82, 2.24) is 0 Å². The number of rotatable bonds is 6. The van der Waals surface area contributed by atoms with Gasteiger partial charge in [0.1, 0.15) is 6.10 Å². The zero-order chi connectivity index (χ0) is 16.1. The molecule has 1 aliphatic heterocycles. The minimum Gasteiger partial charge on any atom is -0.457 e. The highest BCUT2D eigenvalue weighted by Gasteiger charge is 2.20. The largest absolute Gasteiger partial charge is 0.457 e. The lowest BCUT2D eigenvalue weighted by Crippen LogP contribution is -2.13. The summed E-state index contributed by atoms with van der Waals surface area (Å²) in [5, 5.41) is 0. The second kappa shape index (κ2) is 7.01. The zero-order valence-corrected chi connectivity index (χ0v) is 12.7. The predicted molar refractivity (Wildman–Crippen MR) is 86.4 cm³/mol. The summed E-state index contributed by atoms with van der Waals surface area (Å²) in [7, 11) is 0. The number of carbonyl (C=O) groups is 1. The van der Waals surface area contributed by atoms with Crippen LogP contribution in [0.5, 0.6) is 11.5 Å². The summed E-state index contributed by atoms with van der Waals surface area (Å²) in [6.45, 7) is 3.96. The van der Waals surface area contributed by atoms with Crippen molar-refractivity contribution in [1.29, 1.82) is 0 Å². The van der Waals surface area contributed by atoms with Crippen molar-refractivity contribution in [2.24, 2.45) is 0 Å². The lowest BCUT2D eigenvalue weighted by molar-refractivity contribution is -0.148. The van der Waals surface area contributed by atoms with Crippen molar-refractivity contribution in [2.75, 3.05) is 6.79 Å². The van der Waals surface area contributed by atoms with E-state index >= 15 is 0 Å². The summed E-state index contributed by atoms with van der Waals surface area (Å²) in [4.78, 5) is 12.2. The van der Waals surface area contributed by atoms with E-state index < -0.39 is 0 Å². The zero-order valence-electron chi connectivity index (χ0n) is 12.7. The highest BCUT2D eigenvalue weighted by molar-refractivity contribution is 5.73. The van der Waals surface area contributed by atoms with Crippen LogP contribution >= 0.6 is 0 Å². The van der Waals surface area contributed by atoms with Gasteiger partial charge in [0, 0.05) is 6.42 Å². The van der Waals surface area contributed by atoms with Gasteiger partial charge in [-0.1, -0.05) is 42.5 Å². The van der Waals surface area contributed by atoms with E-state index in [1.54, 1.807) is 6.08 Å². The summed E-state index contributed by atoms with van der Waals surface area (Å²) >= 11 is 0. The van der Waals surface area contributed by atoms with Crippen LogP contribution in [0, 0.1) is 0 Å². The van der Waals surface area contributed by atoms with Crippen LogP contribution in [0.4, 0.5) is 0 Å². The molecule has 0 saturated carbocycles. The van der Waals surface area contributed by atoms with Gasteiger partial charge in [0.15, 0.2) is 11.5 Å². The molecule has 4 nitrogen and oxygen atoms in total. The molecule has 0 fully saturated rings. The van der Waals surface area contributed by atoms with Gasteiger partial charge in [-0.3, -0.25) is 4.79 Å². The molecule has 0 aliphatic carbocycles. The fourth-order valence-electron chi connectivity index (χ4n) is 2.48. The summed E-state index contributed by atoms with van der Waals surface area (Å²) < 4.78 is 16.3. The average Bonchev–Trinajstić information content (AvgIpc) is 3.03. The van der Waals surface area contributed by atoms with Gasteiger partial charge in [0.25, 0.3) is 0 Å². The van der Waals surface area contributed by atoms with E-state index in [-0.39, 0.29) is 25.3 Å². The minimum absolute atomic E-state index is 0.221. The third-order valence-corrected chi connectivity index (χ3v) is 3.61. The molecule has 1 heterocycles. The Hall–Kier alpha value is -2.75. The first-order valence-electron chi connectivity index (χ1n) is 7.50. The normalized spacial score (nSPS) is 13.4. The van der Waals surface area contributed by atoms with E-state index in [9.17, 15) is 4.79 Å². The number of carbonyl (C=O) groups excluding carboxylic acids is 1. The van der Waals surface area contributed by atoms with E-state index in [1.807, 2.05) is 48.5 Å². The molecule has 118 valence electrons. The van der Waals surface area contributed by atoms with Crippen molar-refractivity contribution in [2.45, 2.75) is 18.9 Å². The van der Waals surface area contributed by atoms with Crippen LogP contribution < -0.4 is 9.47 Å². The first-order valence-corrected chi connectivity index (χ1v) is 7.50. The molecule has 2 aromatic rings. The van der Waals surface area contributed by atoms with E-state index in [4.69, 9.17) is 14.2 Å². The standard InChI is InChI=1S/C19H18O4/c1-2-6-16(15-9-10-17-18(12-15)22-13-21-17)23-19(20)11-14-7-4-3-5-8-14/h2-5,7-10,12,16H,1,6,11,13H2/t16-/m1/s1. The van der Waals surface area contributed by atoms with Crippen LogP contribution in [0.2, 0.25) is 0 Å². The smallest absolute Gasteiger partial charge is 0.310 e. The number of ether oxygens (including phenoxy) is 3. The molecule has 0 bridgehead atoms. The summed E-state index contributed by atoms with van der Waals surface area (Å²) in [6.07, 6.45) is 2.16. The molecule has 0 spiro atoms. The van der Waals surface area contributed by atoms with Gasteiger partial charge in [-0.2, -0.15) is 0 Å². The molecule has 0 amide bonds. The highest BCUT2D eigenvalue weighted by atomic mass is 16.7. The van der Waals surface area contributed by atoms with Crippen LogP contribution in [-0.4, -0.2) is 12.8 Å². The first-order chi connectivity index (χ1) is 11.3. The van der Waals surface area contributed by atoms with Crippen molar-refractivity contribution in [3.63, 3.8) is 0 Å². The van der Waals surface area contributed by atoms with Crippen LogP contribution in [-0.2, 0) is 16.0 Å². The fourth-order valence-corrected chi connectivity index (χ4v) is 2.48. The SMILES string of the molecule is C=CC[C@@H](OC(=O)Cc1ccccc1)c1ccc2c(c1)OCO2. The molecule has 4 heteroatoms. The van der Waals surface area contributed by atoms with Crippen molar-refractivity contribution in [3.05, 3.63) is 72.3 Å². The maximum atomic E-state index is 12.2. The fraction of sp³-hybridized carbons (Fsp3) is 0.211. The molecular formula is C19H18O4. The Morgan fingerprint density at radius 2 is 1.96 bits per heavy atom. The minimum atomic E-state index is -0.377. The van der Waals surface area contributed by atoms with Crippen molar-refractivity contribution in [3.8, 4) is 11.5 Å². The maximum absolute atomic E-state index is 12.2. The molecular weight excluding hydrogens is 292 g/mol. The molecule has 1 atom stereocenters.